The molecule has 3 nitrogen and oxygen atoms in total. The summed E-state index contributed by atoms with van der Waals surface area (Å²) in [5.41, 5.74) is -0.396. The van der Waals surface area contributed by atoms with E-state index in [9.17, 15) is 4.79 Å². The van der Waals surface area contributed by atoms with Crippen LogP contribution in [0.2, 0.25) is 5.32 Å². The standard InChI is InChI=1S/C13H18O3Se/c1-13(2,3)16-12(14)9-17-11-7-5-10(15-4)6-8-11/h5-8H,9H2,1-4H3. The van der Waals surface area contributed by atoms with Gasteiger partial charge in [-0.2, -0.15) is 0 Å². The van der Waals surface area contributed by atoms with E-state index in [4.69, 9.17) is 9.47 Å². The zero-order valence-corrected chi connectivity index (χ0v) is 12.4. The summed E-state index contributed by atoms with van der Waals surface area (Å²) in [6, 6.07) is 7.80. The first-order valence-electron chi connectivity index (χ1n) is 5.39. The molecule has 1 aromatic rings. The fourth-order valence-electron chi connectivity index (χ4n) is 1.19. The van der Waals surface area contributed by atoms with Crippen LogP contribution < -0.4 is 9.20 Å². The van der Waals surface area contributed by atoms with Crippen molar-refractivity contribution in [2.24, 2.45) is 0 Å². The van der Waals surface area contributed by atoms with Gasteiger partial charge in [0.15, 0.2) is 0 Å². The van der Waals surface area contributed by atoms with Crippen LogP contribution in [0.1, 0.15) is 20.8 Å². The number of methoxy groups -OCH3 is 1. The number of carbonyl (C=O) groups is 1. The second kappa shape index (κ2) is 6.08. The zero-order chi connectivity index (χ0) is 12.9. The van der Waals surface area contributed by atoms with Crippen LogP contribution in [0.5, 0.6) is 5.75 Å². The van der Waals surface area contributed by atoms with Crippen LogP contribution in [0.4, 0.5) is 0 Å². The van der Waals surface area contributed by atoms with Gasteiger partial charge in [0.1, 0.15) is 0 Å². The Labute approximate surface area is 109 Å². The van der Waals surface area contributed by atoms with Gasteiger partial charge in [-0.1, -0.05) is 0 Å². The first kappa shape index (κ1) is 14.1. The molecule has 0 aliphatic heterocycles. The molecule has 1 rings (SSSR count). The third-order valence-electron chi connectivity index (χ3n) is 1.84. The number of esters is 1. The predicted octanol–water partition coefficient (Wildman–Crippen LogP) is 1.78. The summed E-state index contributed by atoms with van der Waals surface area (Å²) in [5.74, 6) is 0.704. The Kier molecular flexibility index (Phi) is 5.03. The van der Waals surface area contributed by atoms with E-state index >= 15 is 0 Å². The summed E-state index contributed by atoms with van der Waals surface area (Å²) in [5, 5.41) is 0.469. The Bertz CT molecular complexity index is 365. The molecule has 0 spiro atoms. The van der Waals surface area contributed by atoms with Crippen molar-refractivity contribution in [1.29, 1.82) is 0 Å². The molecule has 0 saturated carbocycles. The molecule has 0 aromatic heterocycles. The molecule has 0 radical (unpaired) electrons. The number of hydrogen-bond acceptors (Lipinski definition) is 3. The van der Waals surface area contributed by atoms with E-state index < -0.39 is 5.60 Å². The number of carbonyl (C=O) groups excluding carboxylic acids is 1. The van der Waals surface area contributed by atoms with E-state index in [0.29, 0.717) is 5.32 Å². The maximum absolute atomic E-state index is 11.5. The van der Waals surface area contributed by atoms with E-state index in [1.807, 2.05) is 45.0 Å². The zero-order valence-electron chi connectivity index (χ0n) is 10.6. The Morgan fingerprint density at radius 2 is 1.82 bits per heavy atom. The van der Waals surface area contributed by atoms with Gasteiger partial charge in [0.2, 0.25) is 0 Å². The van der Waals surface area contributed by atoms with Gasteiger partial charge < -0.3 is 0 Å². The van der Waals surface area contributed by atoms with Crippen LogP contribution in [-0.4, -0.2) is 33.6 Å². The van der Waals surface area contributed by atoms with Crippen molar-refractivity contribution < 1.29 is 14.3 Å². The Morgan fingerprint density at radius 3 is 2.29 bits per heavy atom. The number of rotatable bonds is 4. The average molecular weight is 301 g/mol. The van der Waals surface area contributed by atoms with Crippen molar-refractivity contribution in [3.8, 4) is 5.75 Å². The fourth-order valence-corrected chi connectivity index (χ4v) is 2.60. The maximum atomic E-state index is 11.5. The molecule has 0 N–H and O–H groups in total. The molecule has 4 heteroatoms. The first-order valence-corrected chi connectivity index (χ1v) is 7.46. The molecule has 1 aromatic carbocycles. The van der Waals surface area contributed by atoms with E-state index in [2.05, 4.69) is 0 Å². The van der Waals surface area contributed by atoms with Gasteiger partial charge in [-0.15, -0.1) is 0 Å². The molecule has 17 heavy (non-hydrogen) atoms. The van der Waals surface area contributed by atoms with E-state index in [0.717, 1.165) is 5.75 Å². The third-order valence-corrected chi connectivity index (χ3v) is 3.90. The van der Waals surface area contributed by atoms with Crippen LogP contribution in [0.25, 0.3) is 0 Å². The van der Waals surface area contributed by atoms with Gasteiger partial charge in [0.25, 0.3) is 0 Å². The molecule has 0 bridgehead atoms. The van der Waals surface area contributed by atoms with Gasteiger partial charge >= 0.3 is 108 Å². The van der Waals surface area contributed by atoms with Crippen LogP contribution in [0, 0.1) is 0 Å². The van der Waals surface area contributed by atoms with E-state index in [-0.39, 0.29) is 20.9 Å². The predicted molar refractivity (Wildman–Crippen MR) is 69.0 cm³/mol. The van der Waals surface area contributed by atoms with Crippen LogP contribution >= 0.6 is 0 Å². The molecule has 0 aliphatic carbocycles. The van der Waals surface area contributed by atoms with Crippen molar-refractivity contribution in [2.45, 2.75) is 31.7 Å². The van der Waals surface area contributed by atoms with E-state index in [1.54, 1.807) is 7.11 Å². The Morgan fingerprint density at radius 1 is 1.24 bits per heavy atom. The monoisotopic (exact) mass is 302 g/mol. The van der Waals surface area contributed by atoms with Crippen molar-refractivity contribution in [1.82, 2.24) is 0 Å². The van der Waals surface area contributed by atoms with Gasteiger partial charge in [-0.25, -0.2) is 0 Å². The molecule has 0 fully saturated rings. The molecule has 0 aliphatic rings. The molecular weight excluding hydrogens is 283 g/mol. The number of benzene rings is 1. The van der Waals surface area contributed by atoms with Gasteiger partial charge in [0.05, 0.1) is 0 Å². The van der Waals surface area contributed by atoms with Crippen molar-refractivity contribution in [2.75, 3.05) is 7.11 Å². The van der Waals surface area contributed by atoms with E-state index in [1.165, 1.54) is 4.46 Å². The Balaban J connectivity index is 2.42. The molecule has 0 saturated heterocycles. The summed E-state index contributed by atoms with van der Waals surface area (Å²) in [7, 11) is 1.64. The minimum atomic E-state index is -0.396. The van der Waals surface area contributed by atoms with Gasteiger partial charge in [-0.05, 0) is 0 Å². The summed E-state index contributed by atoms with van der Waals surface area (Å²) in [6.45, 7) is 5.64. The van der Waals surface area contributed by atoms with Crippen molar-refractivity contribution in [3.05, 3.63) is 24.3 Å². The molecule has 0 amide bonds. The average Bonchev–Trinajstić information content (AvgIpc) is 2.25. The van der Waals surface area contributed by atoms with Crippen LogP contribution in [0.15, 0.2) is 24.3 Å². The SMILES string of the molecule is COc1ccc([Se]CC(=O)OC(C)(C)C)cc1. The number of ether oxygens (including phenoxy) is 2. The third kappa shape index (κ3) is 5.76. The second-order valence-electron chi connectivity index (χ2n) is 4.55. The molecule has 0 heterocycles. The topological polar surface area (TPSA) is 35.5 Å². The summed E-state index contributed by atoms with van der Waals surface area (Å²) in [6.07, 6.45) is 0. The second-order valence-corrected chi connectivity index (χ2v) is 6.75. The summed E-state index contributed by atoms with van der Waals surface area (Å²) < 4.78 is 11.5. The molecule has 0 unspecified atom stereocenters. The normalized spacial score (nSPS) is 11.1. The summed E-state index contributed by atoms with van der Waals surface area (Å²) >= 11 is 0.120. The quantitative estimate of drug-likeness (QED) is 0.628. The Hall–Kier alpha value is -0.991. The van der Waals surface area contributed by atoms with Crippen molar-refractivity contribution >= 4 is 25.4 Å². The minimum absolute atomic E-state index is 0.120. The van der Waals surface area contributed by atoms with Gasteiger partial charge in [0, 0.05) is 0 Å². The van der Waals surface area contributed by atoms with Gasteiger partial charge in [-0.3, -0.25) is 0 Å². The molecular formula is C13H18O3Se. The fraction of sp³-hybridized carbons (Fsp3) is 0.462. The number of hydrogen-bond donors (Lipinski definition) is 0. The van der Waals surface area contributed by atoms with Crippen LogP contribution in [-0.2, 0) is 9.53 Å². The van der Waals surface area contributed by atoms with Crippen molar-refractivity contribution in [3.63, 3.8) is 0 Å². The molecule has 0 atom stereocenters. The summed E-state index contributed by atoms with van der Waals surface area (Å²) in [4.78, 5) is 11.5. The molecule has 94 valence electrons. The first-order chi connectivity index (χ1) is 7.90. The van der Waals surface area contributed by atoms with Crippen LogP contribution in [0.3, 0.4) is 0 Å².